The van der Waals surface area contributed by atoms with Crippen molar-refractivity contribution in [3.8, 4) is 0 Å². The Bertz CT molecular complexity index is 180. The number of ether oxygens (including phenoxy) is 3. The van der Waals surface area contributed by atoms with Crippen LogP contribution in [-0.4, -0.2) is 50.9 Å². The largest absolute Gasteiger partial charge is 0.394 e. The van der Waals surface area contributed by atoms with E-state index in [1.54, 1.807) is 0 Å². The Labute approximate surface area is 97.5 Å². The molecule has 0 spiro atoms. The third kappa shape index (κ3) is 9.86. The predicted molar refractivity (Wildman–Crippen MR) is 62.1 cm³/mol. The number of aliphatic hydroxyl groups is 1. The van der Waals surface area contributed by atoms with E-state index < -0.39 is 0 Å². The molecular formula is C12H21O4. The van der Waals surface area contributed by atoms with Crippen LogP contribution in [0.2, 0.25) is 0 Å². The highest BCUT2D eigenvalue weighted by Crippen LogP contribution is 1.95. The number of hydrogen-bond acceptors (Lipinski definition) is 4. The molecule has 0 saturated heterocycles. The first-order valence-electron chi connectivity index (χ1n) is 5.41. The fourth-order valence-electron chi connectivity index (χ4n) is 0.995. The Morgan fingerprint density at radius 3 is 2.31 bits per heavy atom. The van der Waals surface area contributed by atoms with Crippen molar-refractivity contribution in [2.75, 3.05) is 39.6 Å². The Morgan fingerprint density at radius 2 is 1.75 bits per heavy atom. The third-order valence-corrected chi connectivity index (χ3v) is 1.72. The minimum atomic E-state index is -0.153. The predicted octanol–water partition coefficient (Wildman–Crippen LogP) is 0.962. The second-order valence-electron chi connectivity index (χ2n) is 3.00. The maximum Gasteiger partial charge on any atom is 0.0941 e. The van der Waals surface area contributed by atoms with Gasteiger partial charge in [-0.15, -0.1) is 0 Å². The lowest BCUT2D eigenvalue weighted by Gasteiger charge is -2.09. The molecular weight excluding hydrogens is 208 g/mol. The van der Waals surface area contributed by atoms with Crippen LogP contribution in [-0.2, 0) is 14.2 Å². The van der Waals surface area contributed by atoms with Gasteiger partial charge in [0.25, 0.3) is 0 Å². The van der Waals surface area contributed by atoms with Gasteiger partial charge in [0.15, 0.2) is 0 Å². The maximum atomic E-state index is 8.44. The van der Waals surface area contributed by atoms with Crippen LogP contribution in [0.25, 0.3) is 0 Å². The molecule has 0 aromatic rings. The van der Waals surface area contributed by atoms with Gasteiger partial charge in [-0.3, -0.25) is 0 Å². The standard InChI is InChI=1S/C12H21O4/c1-3-5-12(4-2)16-11-10-15-9-8-14-7-6-13/h2-5,12-13H,6-11H2,1H3. The summed E-state index contributed by atoms with van der Waals surface area (Å²) in [6.07, 6.45) is 5.09. The van der Waals surface area contributed by atoms with Gasteiger partial charge in [-0.1, -0.05) is 24.8 Å². The molecule has 1 unspecified atom stereocenters. The highest BCUT2D eigenvalue weighted by Gasteiger charge is 1.97. The first-order valence-corrected chi connectivity index (χ1v) is 5.41. The van der Waals surface area contributed by atoms with Gasteiger partial charge in [0.05, 0.1) is 45.7 Å². The molecule has 1 N–H and O–H groups in total. The van der Waals surface area contributed by atoms with Crippen molar-refractivity contribution in [2.24, 2.45) is 0 Å². The van der Waals surface area contributed by atoms with Crippen LogP contribution < -0.4 is 0 Å². The van der Waals surface area contributed by atoms with E-state index in [-0.39, 0.29) is 12.7 Å². The first-order chi connectivity index (χ1) is 7.85. The van der Waals surface area contributed by atoms with E-state index in [2.05, 4.69) is 0 Å². The van der Waals surface area contributed by atoms with Crippen molar-refractivity contribution < 1.29 is 19.3 Å². The first kappa shape index (κ1) is 15.3. The molecule has 0 amide bonds. The minimum absolute atomic E-state index is 0.0421. The van der Waals surface area contributed by atoms with Crippen LogP contribution in [0.5, 0.6) is 0 Å². The highest BCUT2D eigenvalue weighted by atomic mass is 16.5. The highest BCUT2D eigenvalue weighted by molar-refractivity contribution is 4.96. The summed E-state index contributed by atoms with van der Waals surface area (Å²) in [5.41, 5.74) is 0. The van der Waals surface area contributed by atoms with E-state index in [9.17, 15) is 0 Å². The van der Waals surface area contributed by atoms with Crippen molar-refractivity contribution in [1.29, 1.82) is 0 Å². The second-order valence-corrected chi connectivity index (χ2v) is 3.00. The fraction of sp³-hybridized carbons (Fsp3) is 0.667. The van der Waals surface area contributed by atoms with Crippen LogP contribution in [0.3, 0.4) is 0 Å². The number of rotatable bonds is 11. The quantitative estimate of drug-likeness (QED) is 0.423. The molecule has 0 aromatic heterocycles. The van der Waals surface area contributed by atoms with E-state index in [1.165, 1.54) is 6.08 Å². The van der Waals surface area contributed by atoms with Crippen LogP contribution >= 0.6 is 0 Å². The average Bonchev–Trinajstić information content (AvgIpc) is 2.31. The van der Waals surface area contributed by atoms with Gasteiger partial charge in [-0.2, -0.15) is 0 Å². The molecule has 1 atom stereocenters. The summed E-state index contributed by atoms with van der Waals surface area (Å²) in [5, 5.41) is 8.44. The van der Waals surface area contributed by atoms with Crippen LogP contribution in [0.1, 0.15) is 6.92 Å². The zero-order valence-corrected chi connectivity index (χ0v) is 9.80. The molecule has 0 bridgehead atoms. The van der Waals surface area contributed by atoms with E-state index in [0.29, 0.717) is 33.0 Å². The second kappa shape index (κ2) is 12.4. The number of aliphatic hydroxyl groups excluding tert-OH is 1. The van der Waals surface area contributed by atoms with Crippen LogP contribution in [0.15, 0.2) is 18.2 Å². The molecule has 0 rings (SSSR count). The van der Waals surface area contributed by atoms with Gasteiger partial charge >= 0.3 is 0 Å². The summed E-state index contributed by atoms with van der Waals surface area (Å²) in [4.78, 5) is 0. The van der Waals surface area contributed by atoms with Gasteiger partial charge < -0.3 is 19.3 Å². The van der Waals surface area contributed by atoms with Crippen molar-refractivity contribution in [3.63, 3.8) is 0 Å². The molecule has 4 heteroatoms. The molecule has 1 radical (unpaired) electrons. The van der Waals surface area contributed by atoms with Gasteiger partial charge in [0, 0.05) is 0 Å². The molecule has 0 saturated carbocycles. The molecule has 0 aliphatic heterocycles. The molecule has 0 heterocycles. The molecule has 16 heavy (non-hydrogen) atoms. The summed E-state index contributed by atoms with van der Waals surface area (Å²) < 4.78 is 15.6. The zero-order chi connectivity index (χ0) is 12.1. The van der Waals surface area contributed by atoms with E-state index in [1.807, 2.05) is 19.1 Å². The Kier molecular flexibility index (Phi) is 11.9. The van der Waals surface area contributed by atoms with Gasteiger partial charge in [0.1, 0.15) is 0 Å². The summed E-state index contributed by atoms with van der Waals surface area (Å²) in [6, 6.07) is 0. The van der Waals surface area contributed by atoms with Crippen molar-refractivity contribution in [1.82, 2.24) is 0 Å². The van der Waals surface area contributed by atoms with Gasteiger partial charge in [-0.05, 0) is 6.92 Å². The van der Waals surface area contributed by atoms with Gasteiger partial charge in [-0.25, -0.2) is 0 Å². The average molecular weight is 229 g/mol. The maximum absolute atomic E-state index is 8.44. The Hall–Kier alpha value is -0.680. The molecule has 0 aromatic carbocycles. The van der Waals surface area contributed by atoms with Crippen molar-refractivity contribution in [3.05, 3.63) is 24.8 Å². The lowest BCUT2D eigenvalue weighted by Crippen LogP contribution is -2.14. The van der Waals surface area contributed by atoms with E-state index in [4.69, 9.17) is 25.9 Å². The lowest BCUT2D eigenvalue weighted by atomic mass is 10.3. The fourth-order valence-corrected chi connectivity index (χ4v) is 0.995. The van der Waals surface area contributed by atoms with Crippen LogP contribution in [0, 0.1) is 6.58 Å². The van der Waals surface area contributed by atoms with E-state index >= 15 is 0 Å². The smallest absolute Gasteiger partial charge is 0.0941 e. The monoisotopic (exact) mass is 229 g/mol. The summed E-state index contributed by atoms with van der Waals surface area (Å²) in [6.45, 7) is 9.66. The SMILES string of the molecule is [CH]=CC(C=CC)OCCOCCOCCO. The number of hydrogen-bond donors (Lipinski definition) is 1. The molecule has 93 valence electrons. The van der Waals surface area contributed by atoms with Crippen molar-refractivity contribution in [2.45, 2.75) is 13.0 Å². The van der Waals surface area contributed by atoms with Crippen molar-refractivity contribution >= 4 is 0 Å². The Morgan fingerprint density at radius 1 is 1.12 bits per heavy atom. The van der Waals surface area contributed by atoms with Crippen LogP contribution in [0.4, 0.5) is 0 Å². The zero-order valence-electron chi connectivity index (χ0n) is 9.80. The normalized spacial score (nSPS) is 13.1. The third-order valence-electron chi connectivity index (χ3n) is 1.72. The summed E-state index contributed by atoms with van der Waals surface area (Å²) in [5.74, 6) is 0. The molecule has 0 aliphatic rings. The minimum Gasteiger partial charge on any atom is -0.394 e. The Balaban J connectivity index is 3.22. The molecule has 0 fully saturated rings. The topological polar surface area (TPSA) is 47.9 Å². The van der Waals surface area contributed by atoms with Gasteiger partial charge in [0.2, 0.25) is 0 Å². The number of allylic oxidation sites excluding steroid dienone is 1. The molecule has 0 aliphatic carbocycles. The summed E-state index contributed by atoms with van der Waals surface area (Å²) >= 11 is 0. The summed E-state index contributed by atoms with van der Waals surface area (Å²) in [7, 11) is 0. The van der Waals surface area contributed by atoms with E-state index in [0.717, 1.165) is 0 Å². The lowest BCUT2D eigenvalue weighted by molar-refractivity contribution is 0.00353. The molecule has 4 nitrogen and oxygen atoms in total.